The number of hydrogen-bond acceptors (Lipinski definition) is 6. The molecule has 0 heterocycles. The molecule has 10 heteroatoms. The van der Waals surface area contributed by atoms with Crippen LogP contribution in [0.3, 0.4) is 0 Å². The zero-order valence-electron chi connectivity index (χ0n) is 10.7. The SMILES string of the molecule is O=C([O-])C(O)C(O)C(=O)[O-].[H-].[H-].[K+].[K+].[Na+].[Na+]. The maximum atomic E-state index is 9.63. The normalized spacial score (nSPS) is 11.3. The molecule has 0 aromatic rings. The van der Waals surface area contributed by atoms with Crippen LogP contribution in [0.1, 0.15) is 2.85 Å². The van der Waals surface area contributed by atoms with Gasteiger partial charge in [0, 0.05) is 0 Å². The topological polar surface area (TPSA) is 121 Å². The Kier molecular flexibility index (Phi) is 37.8. The van der Waals surface area contributed by atoms with E-state index in [0.717, 1.165) is 0 Å². The monoisotopic (exact) mass is 274 g/mol. The van der Waals surface area contributed by atoms with Crippen LogP contribution >= 0.6 is 0 Å². The molecule has 0 radical (unpaired) electrons. The molecule has 0 rings (SSSR count). The van der Waals surface area contributed by atoms with Gasteiger partial charge in [0.05, 0.1) is 11.9 Å². The first-order chi connectivity index (χ1) is 4.46. The van der Waals surface area contributed by atoms with E-state index in [1.807, 2.05) is 0 Å². The Morgan fingerprint density at radius 1 is 0.929 bits per heavy atom. The molecule has 0 bridgehead atoms. The molecular formula is C4H6K2Na2O6. The van der Waals surface area contributed by atoms with Gasteiger partial charge in [-0.3, -0.25) is 0 Å². The number of carbonyl (C=O) groups is 2. The van der Waals surface area contributed by atoms with Crippen LogP contribution in [0.5, 0.6) is 0 Å². The maximum Gasteiger partial charge on any atom is 1.00 e. The second-order valence-electron chi connectivity index (χ2n) is 1.53. The van der Waals surface area contributed by atoms with Crippen molar-refractivity contribution in [2.75, 3.05) is 0 Å². The van der Waals surface area contributed by atoms with E-state index in [9.17, 15) is 19.8 Å². The van der Waals surface area contributed by atoms with Crippen LogP contribution in [0, 0.1) is 0 Å². The molecule has 0 aliphatic rings. The molecular weight excluding hydrogens is 268 g/mol. The second-order valence-corrected chi connectivity index (χ2v) is 1.53. The standard InChI is InChI=1S/C4H6O6.2K.2Na.2H/c5-1(3(7)8)2(6)4(9)10;;;;;;/h1-2,5-6H,(H,7,8)(H,9,10);;;;;;/q;4*+1;2*-1/p-2. The third-order valence-electron chi connectivity index (χ3n) is 0.782. The molecule has 6 nitrogen and oxygen atoms in total. The molecule has 0 aliphatic carbocycles. The molecule has 14 heavy (non-hydrogen) atoms. The Hall–Kier alpha value is 4.13. The first-order valence-corrected chi connectivity index (χ1v) is 2.24. The van der Waals surface area contributed by atoms with Crippen molar-refractivity contribution in [2.24, 2.45) is 0 Å². The molecule has 0 fully saturated rings. The average molecular weight is 274 g/mol. The van der Waals surface area contributed by atoms with Crippen molar-refractivity contribution in [1.29, 1.82) is 0 Å². The summed E-state index contributed by atoms with van der Waals surface area (Å²) in [5, 5.41) is 35.7. The van der Waals surface area contributed by atoms with Crippen molar-refractivity contribution in [3.05, 3.63) is 0 Å². The summed E-state index contributed by atoms with van der Waals surface area (Å²) in [5.41, 5.74) is 0. The quantitative estimate of drug-likeness (QED) is 0.493. The fourth-order valence-corrected chi connectivity index (χ4v) is 0.258. The second kappa shape index (κ2) is 17.1. The van der Waals surface area contributed by atoms with Crippen LogP contribution in [0.4, 0.5) is 0 Å². The molecule has 0 spiro atoms. The third-order valence-corrected chi connectivity index (χ3v) is 0.782. The number of hydrogen-bond donors (Lipinski definition) is 2. The van der Waals surface area contributed by atoms with Gasteiger partial charge in [0.1, 0.15) is 12.2 Å². The minimum atomic E-state index is -2.44. The molecule has 0 aromatic heterocycles. The van der Waals surface area contributed by atoms with Crippen LogP contribution in [0.15, 0.2) is 0 Å². The van der Waals surface area contributed by atoms with Gasteiger partial charge >= 0.3 is 162 Å². The van der Waals surface area contributed by atoms with Gasteiger partial charge < -0.3 is 32.9 Å². The first kappa shape index (κ1) is 30.9. The van der Waals surface area contributed by atoms with Gasteiger partial charge in [-0.1, -0.05) is 0 Å². The van der Waals surface area contributed by atoms with E-state index >= 15 is 0 Å². The summed E-state index contributed by atoms with van der Waals surface area (Å²) in [6, 6.07) is 0. The molecule has 0 aliphatic heterocycles. The van der Waals surface area contributed by atoms with E-state index in [2.05, 4.69) is 0 Å². The average Bonchev–Trinajstić information content (AvgIpc) is 1.84. The van der Waals surface area contributed by atoms with Crippen LogP contribution in [-0.2, 0) is 9.59 Å². The summed E-state index contributed by atoms with van der Waals surface area (Å²) >= 11 is 0. The minimum absolute atomic E-state index is 0. The van der Waals surface area contributed by atoms with Gasteiger partial charge in [0.2, 0.25) is 0 Å². The van der Waals surface area contributed by atoms with Crippen molar-refractivity contribution in [3.8, 4) is 0 Å². The third kappa shape index (κ3) is 14.2. The van der Waals surface area contributed by atoms with Crippen LogP contribution < -0.4 is 172 Å². The smallest absolute Gasteiger partial charge is 1.00 e. The summed E-state index contributed by atoms with van der Waals surface area (Å²) in [6.07, 6.45) is -4.88. The summed E-state index contributed by atoms with van der Waals surface area (Å²) < 4.78 is 0. The van der Waals surface area contributed by atoms with E-state index in [1.165, 1.54) is 0 Å². The predicted octanol–water partition coefficient (Wildman–Crippen LogP) is -16.6. The van der Waals surface area contributed by atoms with Gasteiger partial charge in [-0.15, -0.1) is 0 Å². The zero-order valence-corrected chi connectivity index (χ0v) is 18.9. The molecule has 0 saturated heterocycles. The summed E-state index contributed by atoms with van der Waals surface area (Å²) in [6.45, 7) is 0. The van der Waals surface area contributed by atoms with Crippen LogP contribution in [0.25, 0.3) is 0 Å². The summed E-state index contributed by atoms with van der Waals surface area (Å²) in [7, 11) is 0. The number of carboxylic acid groups (broad SMARTS) is 2. The zero-order chi connectivity index (χ0) is 8.31. The fourth-order valence-electron chi connectivity index (χ4n) is 0.258. The van der Waals surface area contributed by atoms with E-state index in [4.69, 9.17) is 10.2 Å². The van der Waals surface area contributed by atoms with Crippen LogP contribution in [-0.4, -0.2) is 34.4 Å². The largest absolute Gasteiger partial charge is 1.00 e. The Morgan fingerprint density at radius 2 is 1.07 bits per heavy atom. The molecule has 0 saturated carbocycles. The molecule has 2 atom stereocenters. The van der Waals surface area contributed by atoms with Gasteiger partial charge in [-0.05, 0) is 0 Å². The first-order valence-electron chi connectivity index (χ1n) is 2.24. The van der Waals surface area contributed by atoms with Gasteiger partial charge in [0.15, 0.2) is 0 Å². The Balaban J connectivity index is -0.0000000270. The fraction of sp³-hybridized carbons (Fsp3) is 0.500. The number of aliphatic carboxylic acids is 2. The van der Waals surface area contributed by atoms with Crippen molar-refractivity contribution in [3.63, 3.8) is 0 Å². The summed E-state index contributed by atoms with van der Waals surface area (Å²) in [4.78, 5) is 19.3. The predicted molar refractivity (Wildman–Crippen MR) is 24.3 cm³/mol. The molecule has 2 N–H and O–H groups in total. The molecule has 2 unspecified atom stereocenters. The number of carbonyl (C=O) groups excluding carboxylic acids is 2. The van der Waals surface area contributed by atoms with E-state index < -0.39 is 24.1 Å². The number of carboxylic acids is 2. The molecule has 0 aromatic carbocycles. The van der Waals surface area contributed by atoms with Crippen molar-refractivity contribution >= 4 is 11.9 Å². The van der Waals surface area contributed by atoms with E-state index in [0.29, 0.717) is 0 Å². The maximum absolute atomic E-state index is 9.63. The van der Waals surface area contributed by atoms with Gasteiger partial charge in [0.25, 0.3) is 0 Å². The van der Waals surface area contributed by atoms with Crippen LogP contribution in [0.2, 0.25) is 0 Å². The Morgan fingerprint density at radius 3 is 1.14 bits per heavy atom. The molecule has 0 amide bonds. The Labute approximate surface area is 213 Å². The number of aliphatic hydroxyl groups is 2. The van der Waals surface area contributed by atoms with Crippen molar-refractivity contribution < 1.29 is 195 Å². The molecule has 62 valence electrons. The van der Waals surface area contributed by atoms with Gasteiger partial charge in [-0.25, -0.2) is 0 Å². The number of aliphatic hydroxyl groups excluding tert-OH is 2. The van der Waals surface area contributed by atoms with Crippen molar-refractivity contribution in [1.82, 2.24) is 0 Å². The van der Waals surface area contributed by atoms with Gasteiger partial charge in [-0.2, -0.15) is 0 Å². The summed E-state index contributed by atoms with van der Waals surface area (Å²) in [5.74, 6) is -4.12. The number of rotatable bonds is 3. The van der Waals surface area contributed by atoms with E-state index in [1.54, 1.807) is 0 Å². The minimum Gasteiger partial charge on any atom is -1.00 e. The van der Waals surface area contributed by atoms with E-state index in [-0.39, 0.29) is 165 Å². The van der Waals surface area contributed by atoms with Crippen molar-refractivity contribution in [2.45, 2.75) is 12.2 Å². The Bertz CT molecular complexity index is 159.